The summed E-state index contributed by atoms with van der Waals surface area (Å²) in [7, 11) is 0. The van der Waals surface area contributed by atoms with Gasteiger partial charge in [0.25, 0.3) is 11.8 Å². The van der Waals surface area contributed by atoms with Crippen molar-refractivity contribution in [2.24, 2.45) is 0 Å². The molecule has 10 heteroatoms. The fraction of sp³-hybridized carbons (Fsp3) is 0.429. The molecule has 2 amide bonds. The molecule has 1 aliphatic rings. The number of rotatable bonds is 8. The Balaban J connectivity index is 1.51. The predicted molar refractivity (Wildman–Crippen MR) is 144 cm³/mol. The van der Waals surface area contributed by atoms with Crippen molar-refractivity contribution in [3.63, 3.8) is 0 Å². The number of esters is 1. The van der Waals surface area contributed by atoms with Crippen molar-refractivity contribution < 1.29 is 23.9 Å². The number of nitrogens with zero attached hydrogens (tertiary/aromatic N) is 2. The highest BCUT2D eigenvalue weighted by Gasteiger charge is 2.24. The van der Waals surface area contributed by atoms with Crippen LogP contribution in [0.2, 0.25) is 5.02 Å². The van der Waals surface area contributed by atoms with E-state index < -0.39 is 17.6 Å². The van der Waals surface area contributed by atoms with Crippen LogP contribution in [-0.2, 0) is 14.3 Å². The third-order valence-electron chi connectivity index (χ3n) is 6.14. The second kappa shape index (κ2) is 11.5. The van der Waals surface area contributed by atoms with E-state index in [0.717, 1.165) is 37.0 Å². The Morgan fingerprint density at radius 3 is 2.55 bits per heavy atom. The summed E-state index contributed by atoms with van der Waals surface area (Å²) in [6, 6.07) is 9.61. The normalized spacial score (nSPS) is 14.5. The van der Waals surface area contributed by atoms with E-state index in [-0.39, 0.29) is 25.0 Å². The molecule has 1 aromatic heterocycles. The van der Waals surface area contributed by atoms with Gasteiger partial charge in [-0.05, 0) is 82.5 Å². The molecule has 1 aliphatic heterocycles. The maximum atomic E-state index is 13.3. The van der Waals surface area contributed by atoms with Crippen LogP contribution in [0.3, 0.4) is 0 Å². The standard InChI is InChI=1S/C28H33ClN4O5/c1-17-13-18(7-9-20(17)27(36)33-11-5-6-12-33)26(35)32-23(15-37-16-24(34)38-28(2,3)4)25-30-21-10-8-19(29)14-22(21)31-25/h7-10,13-14,23H,5-6,11-12,15-16H2,1-4H3,(H,30,31)(H,32,35)/t23-/m0/s1. The first-order chi connectivity index (χ1) is 18.0. The molecule has 1 atom stereocenters. The number of H-pyrrole nitrogens is 1. The summed E-state index contributed by atoms with van der Waals surface area (Å²) in [5.41, 5.74) is 2.47. The zero-order valence-corrected chi connectivity index (χ0v) is 22.9. The van der Waals surface area contributed by atoms with Crippen LogP contribution in [0.1, 0.15) is 71.8 Å². The Bertz CT molecular complexity index is 1340. The van der Waals surface area contributed by atoms with Crippen molar-refractivity contribution in [3.8, 4) is 0 Å². The second-order valence-electron chi connectivity index (χ2n) is 10.4. The number of likely N-dealkylation sites (tertiary alicyclic amines) is 1. The van der Waals surface area contributed by atoms with Crippen LogP contribution < -0.4 is 5.32 Å². The predicted octanol–water partition coefficient (Wildman–Crippen LogP) is 4.59. The van der Waals surface area contributed by atoms with Crippen LogP contribution in [-0.4, -0.2) is 64.6 Å². The van der Waals surface area contributed by atoms with Gasteiger partial charge in [-0.25, -0.2) is 9.78 Å². The molecule has 38 heavy (non-hydrogen) atoms. The third kappa shape index (κ3) is 6.90. The van der Waals surface area contributed by atoms with Crippen molar-refractivity contribution in [1.82, 2.24) is 20.2 Å². The van der Waals surface area contributed by atoms with Gasteiger partial charge < -0.3 is 24.7 Å². The number of carbonyl (C=O) groups is 3. The number of hydrogen-bond donors (Lipinski definition) is 2. The van der Waals surface area contributed by atoms with Crippen LogP contribution >= 0.6 is 11.6 Å². The third-order valence-corrected chi connectivity index (χ3v) is 6.37. The highest BCUT2D eigenvalue weighted by molar-refractivity contribution is 6.31. The summed E-state index contributed by atoms with van der Waals surface area (Å²) < 4.78 is 10.9. The minimum atomic E-state index is -0.692. The minimum Gasteiger partial charge on any atom is -0.458 e. The number of hydrogen-bond acceptors (Lipinski definition) is 6. The number of aryl methyl sites for hydroxylation is 1. The van der Waals surface area contributed by atoms with Gasteiger partial charge in [0.05, 0.1) is 17.6 Å². The first kappa shape index (κ1) is 27.6. The van der Waals surface area contributed by atoms with Gasteiger partial charge in [0.2, 0.25) is 0 Å². The van der Waals surface area contributed by atoms with Crippen LogP contribution in [0, 0.1) is 6.92 Å². The van der Waals surface area contributed by atoms with E-state index in [1.165, 1.54) is 0 Å². The van der Waals surface area contributed by atoms with Gasteiger partial charge in [0.1, 0.15) is 24.1 Å². The van der Waals surface area contributed by atoms with E-state index >= 15 is 0 Å². The molecule has 1 fully saturated rings. The number of nitrogens with one attached hydrogen (secondary N) is 2. The van der Waals surface area contributed by atoms with Crippen molar-refractivity contribution in [2.75, 3.05) is 26.3 Å². The lowest BCUT2D eigenvalue weighted by molar-refractivity contribution is -0.160. The van der Waals surface area contributed by atoms with Crippen molar-refractivity contribution in [1.29, 1.82) is 0 Å². The topological polar surface area (TPSA) is 114 Å². The number of aromatic nitrogens is 2. The average Bonchev–Trinajstić information content (AvgIpc) is 3.51. The fourth-order valence-corrected chi connectivity index (χ4v) is 4.53. The number of aromatic amines is 1. The number of ether oxygens (including phenoxy) is 2. The van der Waals surface area contributed by atoms with Gasteiger partial charge in [0.15, 0.2) is 0 Å². The summed E-state index contributed by atoms with van der Waals surface area (Å²) in [4.78, 5) is 47.8. The number of fused-ring (bicyclic) bond motifs is 1. The second-order valence-corrected chi connectivity index (χ2v) is 10.9. The van der Waals surface area contributed by atoms with Crippen molar-refractivity contribution in [2.45, 2.75) is 52.2 Å². The number of carbonyl (C=O) groups excluding carboxylic acids is 3. The molecule has 0 bridgehead atoms. The van der Waals surface area contributed by atoms with E-state index in [1.54, 1.807) is 57.2 Å². The lowest BCUT2D eigenvalue weighted by atomic mass is 10.0. The molecule has 4 rings (SSSR count). The first-order valence-corrected chi connectivity index (χ1v) is 13.0. The largest absolute Gasteiger partial charge is 0.458 e. The Morgan fingerprint density at radius 2 is 1.87 bits per heavy atom. The average molecular weight is 541 g/mol. The van der Waals surface area contributed by atoms with Crippen LogP contribution in [0.4, 0.5) is 0 Å². The Morgan fingerprint density at radius 1 is 1.13 bits per heavy atom. The van der Waals surface area contributed by atoms with Gasteiger partial charge in [0, 0.05) is 29.2 Å². The lowest BCUT2D eigenvalue weighted by Gasteiger charge is -2.21. The minimum absolute atomic E-state index is 0.0127. The number of benzene rings is 2. The summed E-state index contributed by atoms with van der Waals surface area (Å²) in [6.45, 7) is 8.37. The summed E-state index contributed by atoms with van der Waals surface area (Å²) in [5.74, 6) is -0.427. The Kier molecular flexibility index (Phi) is 8.38. The van der Waals surface area contributed by atoms with Crippen LogP contribution in [0.25, 0.3) is 11.0 Å². The highest BCUT2D eigenvalue weighted by Crippen LogP contribution is 2.22. The molecule has 2 N–H and O–H groups in total. The molecule has 0 aliphatic carbocycles. The van der Waals surface area contributed by atoms with E-state index in [2.05, 4.69) is 15.3 Å². The number of halogens is 1. The molecular formula is C28H33ClN4O5. The summed E-state index contributed by atoms with van der Waals surface area (Å²) in [5, 5.41) is 3.48. The van der Waals surface area contributed by atoms with Crippen molar-refractivity contribution in [3.05, 3.63) is 63.9 Å². The van der Waals surface area contributed by atoms with E-state index in [4.69, 9.17) is 21.1 Å². The smallest absolute Gasteiger partial charge is 0.332 e. The monoisotopic (exact) mass is 540 g/mol. The van der Waals surface area contributed by atoms with E-state index in [9.17, 15) is 14.4 Å². The van der Waals surface area contributed by atoms with Gasteiger partial charge in [-0.15, -0.1) is 0 Å². The molecule has 202 valence electrons. The van der Waals surface area contributed by atoms with E-state index in [0.29, 0.717) is 27.5 Å². The molecule has 3 aromatic rings. The maximum Gasteiger partial charge on any atom is 0.332 e. The van der Waals surface area contributed by atoms with Crippen molar-refractivity contribution >= 4 is 40.4 Å². The highest BCUT2D eigenvalue weighted by atomic mass is 35.5. The van der Waals surface area contributed by atoms with Crippen LogP contribution in [0.5, 0.6) is 0 Å². The quantitative estimate of drug-likeness (QED) is 0.404. The Hall–Kier alpha value is -3.43. The molecule has 0 spiro atoms. The zero-order chi connectivity index (χ0) is 27.4. The van der Waals surface area contributed by atoms with Crippen LogP contribution in [0.15, 0.2) is 36.4 Å². The zero-order valence-electron chi connectivity index (χ0n) is 22.1. The first-order valence-electron chi connectivity index (χ1n) is 12.7. The summed E-state index contributed by atoms with van der Waals surface area (Å²) in [6.07, 6.45) is 2.02. The fourth-order valence-electron chi connectivity index (χ4n) is 4.36. The maximum absolute atomic E-state index is 13.3. The summed E-state index contributed by atoms with van der Waals surface area (Å²) >= 11 is 6.11. The molecule has 1 saturated heterocycles. The molecule has 2 heterocycles. The van der Waals surface area contributed by atoms with Gasteiger partial charge in [-0.3, -0.25) is 9.59 Å². The Labute approximate surface area is 226 Å². The molecule has 2 aromatic carbocycles. The molecule has 9 nitrogen and oxygen atoms in total. The molecule has 0 radical (unpaired) electrons. The lowest BCUT2D eigenvalue weighted by Crippen LogP contribution is -2.34. The molecular weight excluding hydrogens is 508 g/mol. The number of amides is 2. The van der Waals surface area contributed by atoms with Gasteiger partial charge >= 0.3 is 5.97 Å². The van der Waals surface area contributed by atoms with E-state index in [1.807, 2.05) is 11.8 Å². The van der Waals surface area contributed by atoms with Gasteiger partial charge in [-0.2, -0.15) is 0 Å². The van der Waals surface area contributed by atoms with Gasteiger partial charge in [-0.1, -0.05) is 11.6 Å². The molecule has 0 unspecified atom stereocenters. The number of imidazole rings is 1. The SMILES string of the molecule is Cc1cc(C(=O)N[C@@H](COCC(=O)OC(C)(C)C)c2nc3cc(Cl)ccc3[nH]2)ccc1C(=O)N1CCCC1. The molecule has 0 saturated carbocycles.